The van der Waals surface area contributed by atoms with Crippen molar-refractivity contribution in [1.29, 1.82) is 0 Å². The summed E-state index contributed by atoms with van der Waals surface area (Å²) in [5, 5.41) is 3.88. The second kappa shape index (κ2) is 16.3. The van der Waals surface area contributed by atoms with Gasteiger partial charge in [-0.15, -0.1) is 0 Å². The van der Waals surface area contributed by atoms with Gasteiger partial charge in [0.1, 0.15) is 0 Å². The predicted molar refractivity (Wildman–Crippen MR) is 88.9 cm³/mol. The minimum atomic E-state index is -1.01. The summed E-state index contributed by atoms with van der Waals surface area (Å²) in [7, 11) is 0. The number of carbonyl (C=O) groups is 1. The van der Waals surface area contributed by atoms with E-state index in [4.69, 9.17) is 0 Å². The summed E-state index contributed by atoms with van der Waals surface area (Å²) in [6.45, 7) is 4.52. The van der Waals surface area contributed by atoms with Crippen LogP contribution >= 0.6 is 0 Å². The van der Waals surface area contributed by atoms with Crippen molar-refractivity contribution in [3.8, 4) is 0 Å². The van der Waals surface area contributed by atoms with Crippen LogP contribution in [-0.4, -0.2) is 19.3 Å². The summed E-state index contributed by atoms with van der Waals surface area (Å²) < 4.78 is 0. The van der Waals surface area contributed by atoms with E-state index in [1.807, 2.05) is 0 Å². The van der Waals surface area contributed by atoms with Crippen LogP contribution < -0.4 is 0 Å². The molecule has 0 bridgehead atoms. The fraction of sp³-hybridized carbons (Fsp3) is 0.941. The Hall–Kier alpha value is 0.202. The zero-order chi connectivity index (χ0) is 14.2. The second-order valence-electron chi connectivity index (χ2n) is 6.01. The minimum absolute atomic E-state index is 1.01. The molecule has 0 rings (SSSR count). The van der Waals surface area contributed by atoms with Crippen LogP contribution in [0, 0.1) is 0 Å². The van der Waals surface area contributed by atoms with E-state index in [1.165, 1.54) is 92.8 Å². The highest BCUT2D eigenvalue weighted by Crippen LogP contribution is 2.13. The highest BCUT2D eigenvalue weighted by Gasteiger charge is 2.15. The van der Waals surface area contributed by atoms with Crippen LogP contribution in [0.25, 0.3) is 0 Å². The summed E-state index contributed by atoms with van der Waals surface area (Å²) in [5.41, 5.74) is 0. The van der Waals surface area contributed by atoms with Crippen LogP contribution in [-0.2, 0) is 4.79 Å². The zero-order valence-electron chi connectivity index (χ0n) is 13.5. The van der Waals surface area contributed by atoms with E-state index in [0.717, 1.165) is 0 Å². The van der Waals surface area contributed by atoms with Gasteiger partial charge in [0.05, 0.1) is 0 Å². The lowest BCUT2D eigenvalue weighted by atomic mass is 10.1. The third-order valence-electron chi connectivity index (χ3n) is 4.05. The molecule has 0 fully saturated rings. The Morgan fingerprint density at radius 2 is 1.00 bits per heavy atom. The molecule has 19 heavy (non-hydrogen) atoms. The average Bonchev–Trinajstić information content (AvgIpc) is 2.44. The molecule has 2 heteroatoms. The van der Waals surface area contributed by atoms with Gasteiger partial charge in [0, 0.05) is 5.15 Å². The number of hydrogen-bond acceptors (Lipinski definition) is 1. The first kappa shape index (κ1) is 19.2. The Balaban J connectivity index is 3.32. The molecule has 0 amide bonds. The van der Waals surface area contributed by atoms with Crippen LogP contribution in [0.1, 0.15) is 90.9 Å². The van der Waals surface area contributed by atoms with E-state index < -0.39 is 14.1 Å². The fourth-order valence-electron chi connectivity index (χ4n) is 2.65. The van der Waals surface area contributed by atoms with Crippen molar-refractivity contribution in [3.63, 3.8) is 0 Å². The van der Waals surface area contributed by atoms with Gasteiger partial charge in [-0.2, -0.15) is 0 Å². The lowest BCUT2D eigenvalue weighted by molar-refractivity contribution is 0.566. The van der Waals surface area contributed by atoms with E-state index in [2.05, 4.69) is 13.8 Å². The zero-order valence-corrected chi connectivity index (χ0v) is 14.6. The molecule has 0 aromatic carbocycles. The van der Waals surface area contributed by atoms with Crippen LogP contribution in [0.2, 0.25) is 10.6 Å². The molecule has 0 aliphatic rings. The first-order valence-corrected chi connectivity index (χ1v) is 11.1. The molecule has 0 saturated carbocycles. The molecule has 0 aromatic heterocycles. The highest BCUT2D eigenvalue weighted by molar-refractivity contribution is 6.84. The van der Waals surface area contributed by atoms with Crippen molar-refractivity contribution in [1.82, 2.24) is 0 Å². The molecule has 0 N–H and O–H groups in total. The molecule has 0 heterocycles. The Labute approximate surface area is 125 Å². The number of rotatable bonds is 15. The minimum Gasteiger partial charge on any atom is -0.324 e. The molecule has 0 aliphatic heterocycles. The summed E-state index contributed by atoms with van der Waals surface area (Å²) in [5.74, 6) is 0. The number of carbonyl (C=O) groups excluding carboxylic acids is 1. The van der Waals surface area contributed by atoms with Crippen molar-refractivity contribution >= 4 is 19.3 Å². The Morgan fingerprint density at radius 1 is 0.632 bits per heavy atom. The molecule has 0 aliphatic carbocycles. The first-order chi connectivity index (χ1) is 9.35. The van der Waals surface area contributed by atoms with Gasteiger partial charge in [-0.3, -0.25) is 0 Å². The summed E-state index contributed by atoms with van der Waals surface area (Å²) in [4.78, 5) is 11.1. The Morgan fingerprint density at radius 3 is 1.37 bits per heavy atom. The fourth-order valence-corrected chi connectivity index (χ4v) is 4.84. The Bertz CT molecular complexity index is 166. The van der Waals surface area contributed by atoms with Crippen LogP contribution in [0.15, 0.2) is 0 Å². The van der Waals surface area contributed by atoms with Gasteiger partial charge < -0.3 is 4.79 Å². The van der Waals surface area contributed by atoms with Crippen molar-refractivity contribution in [2.45, 2.75) is 101 Å². The first-order valence-electron chi connectivity index (χ1n) is 8.80. The molecule has 0 saturated heterocycles. The smallest absolute Gasteiger partial charge is 0.324 e. The molecular weight excluding hydrogens is 247 g/mol. The van der Waals surface area contributed by atoms with Gasteiger partial charge in [-0.1, -0.05) is 101 Å². The monoisotopic (exact) mass is 282 g/mol. The van der Waals surface area contributed by atoms with Crippen molar-refractivity contribution < 1.29 is 4.79 Å². The van der Waals surface area contributed by atoms with E-state index >= 15 is 0 Å². The molecular formula is C17H35AlO. The third-order valence-corrected chi connectivity index (χ3v) is 6.73. The molecule has 0 radical (unpaired) electrons. The van der Waals surface area contributed by atoms with Crippen molar-refractivity contribution in [3.05, 3.63) is 0 Å². The second-order valence-corrected chi connectivity index (χ2v) is 8.96. The third kappa shape index (κ3) is 14.4. The molecule has 1 nitrogen and oxygen atoms in total. The maximum atomic E-state index is 11.1. The average molecular weight is 282 g/mol. The van der Waals surface area contributed by atoms with E-state index in [0.29, 0.717) is 0 Å². The highest BCUT2D eigenvalue weighted by atomic mass is 27.2. The van der Waals surface area contributed by atoms with Gasteiger partial charge in [-0.25, -0.2) is 0 Å². The lowest BCUT2D eigenvalue weighted by Gasteiger charge is -2.05. The SMILES string of the molecule is CCCCCCC[CH2][Al]([CH]=O)[CH2]CCCCCCC. The quantitative estimate of drug-likeness (QED) is 0.205. The van der Waals surface area contributed by atoms with E-state index in [9.17, 15) is 4.79 Å². The van der Waals surface area contributed by atoms with Gasteiger partial charge in [0.25, 0.3) is 0 Å². The van der Waals surface area contributed by atoms with Crippen LogP contribution in [0.4, 0.5) is 0 Å². The van der Waals surface area contributed by atoms with Gasteiger partial charge in [0.2, 0.25) is 0 Å². The van der Waals surface area contributed by atoms with Gasteiger partial charge in [0.15, 0.2) is 0 Å². The largest absolute Gasteiger partial charge is 0.360 e. The lowest BCUT2D eigenvalue weighted by Crippen LogP contribution is -2.14. The summed E-state index contributed by atoms with van der Waals surface area (Å²) in [6, 6.07) is 0. The number of unbranched alkanes of at least 4 members (excludes halogenated alkanes) is 10. The molecule has 0 atom stereocenters. The van der Waals surface area contributed by atoms with E-state index in [-0.39, 0.29) is 0 Å². The topological polar surface area (TPSA) is 17.1 Å². The molecule has 0 spiro atoms. The van der Waals surface area contributed by atoms with E-state index in [1.54, 1.807) is 0 Å². The maximum absolute atomic E-state index is 11.1. The normalized spacial score (nSPS) is 10.6. The van der Waals surface area contributed by atoms with Crippen molar-refractivity contribution in [2.75, 3.05) is 0 Å². The van der Waals surface area contributed by atoms with Crippen LogP contribution in [0.3, 0.4) is 0 Å². The van der Waals surface area contributed by atoms with Gasteiger partial charge >= 0.3 is 14.1 Å². The summed E-state index contributed by atoms with van der Waals surface area (Å²) >= 11 is -1.01. The summed E-state index contributed by atoms with van der Waals surface area (Å²) in [6.07, 6.45) is 16.3. The maximum Gasteiger partial charge on any atom is 0.360 e. The molecule has 0 aromatic rings. The standard InChI is InChI=1S/2C8H17.CHO.Al/c2*1-3-5-7-8-6-4-2;1-2;/h2*1,3-8H2,2H3;1H;. The molecule has 112 valence electrons. The Kier molecular flexibility index (Phi) is 16.4. The predicted octanol–water partition coefficient (Wildman–Crippen LogP) is 5.97. The van der Waals surface area contributed by atoms with Crippen molar-refractivity contribution in [2.24, 2.45) is 0 Å². The van der Waals surface area contributed by atoms with Gasteiger partial charge in [-0.05, 0) is 0 Å². The molecule has 0 unspecified atom stereocenters. The number of hydrogen-bond donors (Lipinski definition) is 0. The van der Waals surface area contributed by atoms with Crippen LogP contribution in [0.5, 0.6) is 0 Å².